The molecule has 0 aliphatic rings. The van der Waals surface area contributed by atoms with Crippen molar-refractivity contribution in [1.29, 1.82) is 0 Å². The number of halogens is 1. The number of benzene rings is 2. The van der Waals surface area contributed by atoms with Gasteiger partial charge in [-0.3, -0.25) is 10.1 Å². The first-order chi connectivity index (χ1) is 14.4. The van der Waals surface area contributed by atoms with Gasteiger partial charge in [0.1, 0.15) is 0 Å². The maximum absolute atomic E-state index is 12.5. The second-order valence-corrected chi connectivity index (χ2v) is 7.58. The number of anilines is 1. The van der Waals surface area contributed by atoms with E-state index in [2.05, 4.69) is 20.6 Å². The summed E-state index contributed by atoms with van der Waals surface area (Å²) in [5.74, 6) is 0.121. The molecule has 0 radical (unpaired) electrons. The maximum Gasteiger partial charge on any atom is 0.257 e. The Morgan fingerprint density at radius 1 is 1.13 bits per heavy atom. The van der Waals surface area contributed by atoms with E-state index in [1.54, 1.807) is 42.6 Å². The van der Waals surface area contributed by atoms with E-state index in [0.717, 1.165) is 11.1 Å². The lowest BCUT2D eigenvalue weighted by atomic mass is 10.1. The van der Waals surface area contributed by atoms with Crippen LogP contribution in [0.3, 0.4) is 0 Å². The van der Waals surface area contributed by atoms with Crippen molar-refractivity contribution in [2.45, 2.75) is 13.8 Å². The van der Waals surface area contributed by atoms with Crippen LogP contribution in [0.25, 0.3) is 22.7 Å². The third-order valence-electron chi connectivity index (χ3n) is 4.48. The normalized spacial score (nSPS) is 10.8. The molecule has 4 aromatic rings. The molecule has 0 aliphatic heterocycles. The molecule has 150 valence electrons. The predicted molar refractivity (Wildman–Crippen MR) is 122 cm³/mol. The molecule has 0 bridgehead atoms. The van der Waals surface area contributed by atoms with Crippen molar-refractivity contribution in [2.24, 2.45) is 0 Å². The minimum Gasteiger partial charge on any atom is -0.434 e. The van der Waals surface area contributed by atoms with Gasteiger partial charge in [-0.1, -0.05) is 29.3 Å². The number of amides is 1. The van der Waals surface area contributed by atoms with Crippen LogP contribution in [-0.2, 0) is 0 Å². The van der Waals surface area contributed by atoms with Crippen LogP contribution in [0.1, 0.15) is 21.5 Å². The highest BCUT2D eigenvalue weighted by molar-refractivity contribution is 7.80. The molecule has 2 aromatic heterocycles. The molecule has 2 heterocycles. The van der Waals surface area contributed by atoms with Crippen LogP contribution < -0.4 is 10.6 Å². The SMILES string of the molecule is Cc1ccc(C(=O)NC(=S)Nc2cc(-c3nc4ncccc4o3)ccc2Cl)c(C)c1. The molecule has 0 spiro atoms. The number of hydrogen-bond donors (Lipinski definition) is 2. The minimum absolute atomic E-state index is 0.137. The van der Waals surface area contributed by atoms with E-state index in [1.807, 2.05) is 26.0 Å². The minimum atomic E-state index is -0.290. The van der Waals surface area contributed by atoms with Crippen LogP contribution >= 0.6 is 23.8 Å². The molecule has 8 heteroatoms. The fourth-order valence-electron chi connectivity index (χ4n) is 3.04. The van der Waals surface area contributed by atoms with Crippen LogP contribution in [0.2, 0.25) is 5.02 Å². The Morgan fingerprint density at radius 3 is 2.73 bits per heavy atom. The Hall–Kier alpha value is -3.29. The van der Waals surface area contributed by atoms with Gasteiger partial charge in [0.2, 0.25) is 5.89 Å². The number of carbonyl (C=O) groups is 1. The average molecular weight is 437 g/mol. The van der Waals surface area contributed by atoms with Gasteiger partial charge in [-0.05, 0) is 68.0 Å². The molecule has 0 saturated carbocycles. The average Bonchev–Trinajstić information content (AvgIpc) is 3.13. The fraction of sp³-hybridized carbons (Fsp3) is 0.0909. The molecular weight excluding hydrogens is 420 g/mol. The van der Waals surface area contributed by atoms with Crippen LogP contribution in [0, 0.1) is 13.8 Å². The number of nitrogens with one attached hydrogen (secondary N) is 2. The molecule has 4 rings (SSSR count). The van der Waals surface area contributed by atoms with E-state index < -0.39 is 0 Å². The number of pyridine rings is 1. The Morgan fingerprint density at radius 2 is 1.97 bits per heavy atom. The summed E-state index contributed by atoms with van der Waals surface area (Å²) >= 11 is 11.6. The quantitative estimate of drug-likeness (QED) is 0.425. The van der Waals surface area contributed by atoms with Crippen molar-refractivity contribution in [3.63, 3.8) is 0 Å². The predicted octanol–water partition coefficient (Wildman–Crippen LogP) is 5.29. The van der Waals surface area contributed by atoms with Crippen LogP contribution in [0.15, 0.2) is 59.1 Å². The molecule has 6 nitrogen and oxygen atoms in total. The van der Waals surface area contributed by atoms with Crippen molar-refractivity contribution in [3.05, 3.63) is 76.4 Å². The number of hydrogen-bond acceptors (Lipinski definition) is 5. The number of fused-ring (bicyclic) bond motifs is 1. The van der Waals surface area contributed by atoms with Crippen LogP contribution in [0.4, 0.5) is 5.69 Å². The zero-order valence-corrected chi connectivity index (χ0v) is 17.8. The fourth-order valence-corrected chi connectivity index (χ4v) is 3.41. The van der Waals surface area contributed by atoms with Crippen molar-refractivity contribution in [2.75, 3.05) is 5.32 Å². The summed E-state index contributed by atoms with van der Waals surface area (Å²) in [6.45, 7) is 3.86. The van der Waals surface area contributed by atoms with Gasteiger partial charge in [0, 0.05) is 17.3 Å². The number of aryl methyl sites for hydroxylation is 2. The van der Waals surface area contributed by atoms with Crippen molar-refractivity contribution in [1.82, 2.24) is 15.3 Å². The molecule has 0 saturated heterocycles. The van der Waals surface area contributed by atoms with Gasteiger partial charge in [-0.2, -0.15) is 4.98 Å². The van der Waals surface area contributed by atoms with E-state index >= 15 is 0 Å². The van der Waals surface area contributed by atoms with E-state index in [1.165, 1.54) is 0 Å². The molecule has 0 unspecified atom stereocenters. The largest absolute Gasteiger partial charge is 0.434 e. The lowest BCUT2D eigenvalue weighted by molar-refractivity contribution is 0.0977. The molecular formula is C22H17ClN4O2S. The maximum atomic E-state index is 12.5. The third kappa shape index (κ3) is 4.17. The third-order valence-corrected chi connectivity index (χ3v) is 5.01. The second-order valence-electron chi connectivity index (χ2n) is 6.77. The summed E-state index contributed by atoms with van der Waals surface area (Å²) in [4.78, 5) is 21.1. The summed E-state index contributed by atoms with van der Waals surface area (Å²) in [7, 11) is 0. The van der Waals surface area contributed by atoms with Crippen molar-refractivity contribution in [3.8, 4) is 11.5 Å². The summed E-state index contributed by atoms with van der Waals surface area (Å²) in [5, 5.41) is 6.23. The lowest BCUT2D eigenvalue weighted by Gasteiger charge is -2.13. The Bertz CT molecular complexity index is 1250. The highest BCUT2D eigenvalue weighted by Crippen LogP contribution is 2.30. The Kier molecular flexibility index (Phi) is 5.48. The molecule has 0 aliphatic carbocycles. The van der Waals surface area contributed by atoms with Gasteiger partial charge in [-0.15, -0.1) is 0 Å². The lowest BCUT2D eigenvalue weighted by Crippen LogP contribution is -2.34. The monoisotopic (exact) mass is 436 g/mol. The van der Waals surface area contributed by atoms with Crippen molar-refractivity contribution < 1.29 is 9.21 Å². The molecule has 2 aromatic carbocycles. The summed E-state index contributed by atoms with van der Waals surface area (Å²) < 4.78 is 5.75. The second kappa shape index (κ2) is 8.22. The first-order valence-electron chi connectivity index (χ1n) is 9.12. The standard InChI is InChI=1S/C22H17ClN4O2S/c1-12-5-7-15(13(2)10-12)20(28)27-22(30)25-17-11-14(6-8-16(17)23)21-26-19-18(29-21)4-3-9-24-19/h3-11H,1-2H3,(H2,25,27,28,30). The molecule has 0 atom stereocenters. The number of thiocarbonyl (C=S) groups is 1. The molecule has 2 N–H and O–H groups in total. The molecule has 0 fully saturated rings. The first kappa shape index (κ1) is 20.0. The summed E-state index contributed by atoms with van der Waals surface area (Å²) in [6.07, 6.45) is 1.65. The van der Waals surface area contributed by atoms with Crippen molar-refractivity contribution >= 4 is 51.8 Å². The van der Waals surface area contributed by atoms with Crippen LogP contribution in [0.5, 0.6) is 0 Å². The van der Waals surface area contributed by atoms with Crippen LogP contribution in [-0.4, -0.2) is 21.0 Å². The van der Waals surface area contributed by atoms with Gasteiger partial charge in [-0.25, -0.2) is 4.98 Å². The van der Waals surface area contributed by atoms with Gasteiger partial charge in [0.15, 0.2) is 16.3 Å². The number of aromatic nitrogens is 2. The number of nitrogens with zero attached hydrogens (tertiary/aromatic N) is 2. The van der Waals surface area contributed by atoms with E-state index in [-0.39, 0.29) is 11.0 Å². The molecule has 30 heavy (non-hydrogen) atoms. The first-order valence-corrected chi connectivity index (χ1v) is 9.90. The van der Waals surface area contributed by atoms with E-state index in [9.17, 15) is 4.79 Å². The number of rotatable bonds is 3. The Labute approximate surface area is 183 Å². The molecule has 1 amide bonds. The smallest absolute Gasteiger partial charge is 0.257 e. The van der Waals surface area contributed by atoms with Gasteiger partial charge in [0.05, 0.1) is 10.7 Å². The van der Waals surface area contributed by atoms with E-state index in [0.29, 0.717) is 39.0 Å². The highest BCUT2D eigenvalue weighted by Gasteiger charge is 2.14. The Balaban J connectivity index is 1.53. The summed E-state index contributed by atoms with van der Waals surface area (Å²) in [5.41, 5.74) is 4.85. The highest BCUT2D eigenvalue weighted by atomic mass is 35.5. The van der Waals surface area contributed by atoms with Gasteiger partial charge >= 0.3 is 0 Å². The number of carbonyl (C=O) groups excluding carboxylic acids is 1. The zero-order chi connectivity index (χ0) is 21.3. The van der Waals surface area contributed by atoms with Gasteiger partial charge in [0.25, 0.3) is 5.91 Å². The number of oxazole rings is 1. The zero-order valence-electron chi connectivity index (χ0n) is 16.2. The van der Waals surface area contributed by atoms with Gasteiger partial charge < -0.3 is 9.73 Å². The topological polar surface area (TPSA) is 80.0 Å². The van der Waals surface area contributed by atoms with E-state index in [4.69, 9.17) is 28.2 Å². The summed E-state index contributed by atoms with van der Waals surface area (Å²) in [6, 6.07) is 14.4.